The number of pyridine rings is 1. The zero-order chi connectivity index (χ0) is 15.5. The largest absolute Gasteiger partial charge is 0.383 e. The smallest absolute Gasteiger partial charge is 0.281 e. The third-order valence-electron chi connectivity index (χ3n) is 2.59. The van der Waals surface area contributed by atoms with E-state index in [1.54, 1.807) is 24.3 Å². The Morgan fingerprint density at radius 2 is 1.86 bits per heavy atom. The van der Waals surface area contributed by atoms with Crippen LogP contribution in [0.2, 0.25) is 10.0 Å². The number of hydrogen-bond acceptors (Lipinski definition) is 4. The van der Waals surface area contributed by atoms with Gasteiger partial charge in [0.05, 0.1) is 21.4 Å². The average molecular weight is 346 g/mol. The first-order valence-electron chi connectivity index (χ1n) is 6.11. The van der Waals surface area contributed by atoms with Crippen molar-refractivity contribution in [3.63, 3.8) is 0 Å². The molecule has 5 nitrogen and oxygen atoms in total. The van der Waals surface area contributed by atoms with Gasteiger partial charge in [-0.2, -0.15) is 8.42 Å². The van der Waals surface area contributed by atoms with Gasteiger partial charge in [0.2, 0.25) is 0 Å². The van der Waals surface area contributed by atoms with E-state index in [0.29, 0.717) is 12.2 Å². The molecule has 1 aromatic carbocycles. The molecule has 0 saturated carbocycles. The first-order valence-corrected chi connectivity index (χ1v) is 8.35. The van der Waals surface area contributed by atoms with Crippen molar-refractivity contribution < 1.29 is 8.42 Å². The number of nitrogens with one attached hydrogen (secondary N) is 2. The highest BCUT2D eigenvalue weighted by molar-refractivity contribution is 7.92. The fraction of sp³-hybridized carbons (Fsp3) is 0.154. The Balaban J connectivity index is 2.41. The van der Waals surface area contributed by atoms with Crippen LogP contribution in [0.15, 0.2) is 41.6 Å². The van der Waals surface area contributed by atoms with E-state index in [4.69, 9.17) is 23.2 Å². The van der Waals surface area contributed by atoms with Gasteiger partial charge in [0.15, 0.2) is 5.03 Å². The van der Waals surface area contributed by atoms with Crippen LogP contribution in [0.3, 0.4) is 0 Å². The molecule has 0 aliphatic rings. The fourth-order valence-electron chi connectivity index (χ4n) is 1.71. The first kappa shape index (κ1) is 15.9. The lowest BCUT2D eigenvalue weighted by atomic mass is 10.3. The molecule has 0 saturated heterocycles. The number of nitrogens with zero attached hydrogens (tertiary/aromatic N) is 1. The Labute approximate surface area is 133 Å². The number of benzene rings is 1. The highest BCUT2D eigenvalue weighted by Crippen LogP contribution is 2.31. The van der Waals surface area contributed by atoms with Gasteiger partial charge in [-0.15, -0.1) is 0 Å². The van der Waals surface area contributed by atoms with Crippen LogP contribution in [0.25, 0.3) is 0 Å². The maximum atomic E-state index is 12.4. The minimum absolute atomic E-state index is 0.0945. The molecule has 0 bridgehead atoms. The Kier molecular flexibility index (Phi) is 4.92. The van der Waals surface area contributed by atoms with Gasteiger partial charge in [-0.25, -0.2) is 4.98 Å². The number of anilines is 2. The monoisotopic (exact) mass is 345 g/mol. The van der Waals surface area contributed by atoms with Gasteiger partial charge in [0.1, 0.15) is 0 Å². The van der Waals surface area contributed by atoms with Gasteiger partial charge in [-0.05, 0) is 31.2 Å². The van der Waals surface area contributed by atoms with Gasteiger partial charge in [0, 0.05) is 12.7 Å². The summed E-state index contributed by atoms with van der Waals surface area (Å²) in [4.78, 5) is 3.93. The molecule has 2 N–H and O–H groups in total. The van der Waals surface area contributed by atoms with Crippen LogP contribution in [0.1, 0.15) is 6.92 Å². The van der Waals surface area contributed by atoms with E-state index < -0.39 is 10.0 Å². The second-order valence-corrected chi connectivity index (χ2v) is 6.48. The molecule has 2 aromatic rings. The van der Waals surface area contributed by atoms with E-state index in [0.717, 1.165) is 0 Å². The quantitative estimate of drug-likeness (QED) is 0.867. The number of halogens is 2. The van der Waals surface area contributed by atoms with E-state index in [1.807, 2.05) is 6.92 Å². The van der Waals surface area contributed by atoms with Crippen molar-refractivity contribution in [2.45, 2.75) is 11.9 Å². The number of rotatable bonds is 5. The molecule has 112 valence electrons. The molecule has 1 aromatic heterocycles. The van der Waals surface area contributed by atoms with Crippen LogP contribution in [0.5, 0.6) is 0 Å². The summed E-state index contributed by atoms with van der Waals surface area (Å²) in [5.74, 6) is 0. The van der Waals surface area contributed by atoms with Gasteiger partial charge >= 0.3 is 0 Å². The molecule has 0 aliphatic heterocycles. The van der Waals surface area contributed by atoms with Crippen molar-refractivity contribution in [1.29, 1.82) is 0 Å². The summed E-state index contributed by atoms with van der Waals surface area (Å²) >= 11 is 11.9. The molecule has 8 heteroatoms. The van der Waals surface area contributed by atoms with E-state index in [2.05, 4.69) is 15.0 Å². The van der Waals surface area contributed by atoms with E-state index in [-0.39, 0.29) is 20.8 Å². The summed E-state index contributed by atoms with van der Waals surface area (Å²) in [6.45, 7) is 2.44. The van der Waals surface area contributed by atoms with Crippen molar-refractivity contribution >= 4 is 44.6 Å². The summed E-state index contributed by atoms with van der Waals surface area (Å²) in [5.41, 5.74) is 0.628. The molecule has 1 heterocycles. The highest BCUT2D eigenvalue weighted by atomic mass is 35.5. The number of aromatic nitrogens is 1. The summed E-state index contributed by atoms with van der Waals surface area (Å²) in [6, 6.07) is 8.01. The van der Waals surface area contributed by atoms with Crippen molar-refractivity contribution in [2.24, 2.45) is 0 Å². The minimum atomic E-state index is -3.87. The van der Waals surface area contributed by atoms with Gasteiger partial charge in [0.25, 0.3) is 10.0 Å². The summed E-state index contributed by atoms with van der Waals surface area (Å²) < 4.78 is 27.3. The summed E-state index contributed by atoms with van der Waals surface area (Å²) in [7, 11) is -3.87. The molecular weight excluding hydrogens is 333 g/mol. The normalized spacial score (nSPS) is 11.2. The fourth-order valence-corrected chi connectivity index (χ4v) is 3.30. The standard InChI is InChI=1S/C13H13Cl2N3O2S/c1-2-16-11-7-4-8-17-13(11)21(19,20)18-10-6-3-5-9(14)12(10)15/h3-8,16,18H,2H2,1H3. The van der Waals surface area contributed by atoms with E-state index in [1.165, 1.54) is 12.3 Å². The molecule has 0 radical (unpaired) electrons. The van der Waals surface area contributed by atoms with E-state index in [9.17, 15) is 8.42 Å². The Morgan fingerprint density at radius 3 is 2.57 bits per heavy atom. The second kappa shape index (κ2) is 6.51. The zero-order valence-corrected chi connectivity index (χ0v) is 13.4. The summed E-state index contributed by atoms with van der Waals surface area (Å²) in [6.07, 6.45) is 1.41. The third kappa shape index (κ3) is 3.58. The average Bonchev–Trinajstić information content (AvgIpc) is 2.44. The number of sulfonamides is 1. The minimum Gasteiger partial charge on any atom is -0.383 e. The Bertz CT molecular complexity index is 751. The Morgan fingerprint density at radius 1 is 1.14 bits per heavy atom. The molecule has 0 atom stereocenters. The van der Waals surface area contributed by atoms with E-state index >= 15 is 0 Å². The molecule has 0 fully saturated rings. The third-order valence-corrected chi connectivity index (χ3v) is 4.73. The molecule has 0 aliphatic carbocycles. The van der Waals surface area contributed by atoms with Crippen molar-refractivity contribution in [2.75, 3.05) is 16.6 Å². The molecule has 0 spiro atoms. The SMILES string of the molecule is CCNc1cccnc1S(=O)(=O)Nc1cccc(Cl)c1Cl. The lowest BCUT2D eigenvalue weighted by molar-refractivity contribution is 0.598. The molecular formula is C13H13Cl2N3O2S. The van der Waals surface area contributed by atoms with Crippen LogP contribution < -0.4 is 10.0 Å². The zero-order valence-electron chi connectivity index (χ0n) is 11.1. The highest BCUT2D eigenvalue weighted by Gasteiger charge is 2.21. The van der Waals surface area contributed by atoms with Gasteiger partial charge in [-0.1, -0.05) is 29.3 Å². The van der Waals surface area contributed by atoms with Crippen molar-refractivity contribution in [3.8, 4) is 0 Å². The summed E-state index contributed by atoms with van der Waals surface area (Å²) in [5, 5.41) is 3.27. The van der Waals surface area contributed by atoms with Crippen LogP contribution in [-0.2, 0) is 10.0 Å². The maximum absolute atomic E-state index is 12.4. The van der Waals surface area contributed by atoms with Crippen LogP contribution >= 0.6 is 23.2 Å². The lowest BCUT2D eigenvalue weighted by Gasteiger charge is -2.13. The number of hydrogen-bond donors (Lipinski definition) is 2. The Hall–Kier alpha value is -1.50. The first-order chi connectivity index (χ1) is 9.95. The van der Waals surface area contributed by atoms with Crippen LogP contribution in [0, 0.1) is 0 Å². The molecule has 0 amide bonds. The second-order valence-electron chi connectivity index (χ2n) is 4.09. The van der Waals surface area contributed by atoms with Crippen LogP contribution in [-0.4, -0.2) is 19.9 Å². The van der Waals surface area contributed by atoms with Crippen molar-refractivity contribution in [3.05, 3.63) is 46.6 Å². The maximum Gasteiger partial charge on any atom is 0.281 e. The predicted octanol–water partition coefficient (Wildman–Crippen LogP) is 3.62. The van der Waals surface area contributed by atoms with Gasteiger partial charge in [-0.3, -0.25) is 4.72 Å². The van der Waals surface area contributed by atoms with Gasteiger partial charge < -0.3 is 5.32 Å². The molecule has 0 unspecified atom stereocenters. The lowest BCUT2D eigenvalue weighted by Crippen LogP contribution is -2.17. The van der Waals surface area contributed by atoms with Crippen molar-refractivity contribution in [1.82, 2.24) is 4.98 Å². The predicted molar refractivity (Wildman–Crippen MR) is 85.7 cm³/mol. The topological polar surface area (TPSA) is 71.1 Å². The molecule has 2 rings (SSSR count). The van der Waals surface area contributed by atoms with Crippen LogP contribution in [0.4, 0.5) is 11.4 Å². The molecule has 21 heavy (non-hydrogen) atoms.